The molecule has 0 radical (unpaired) electrons. The van der Waals surface area contributed by atoms with Gasteiger partial charge in [0, 0.05) is 24.7 Å². The number of carbonyl (C=O) groups excluding carboxylic acids is 3. The van der Waals surface area contributed by atoms with Crippen LogP contribution in [0.25, 0.3) is 0 Å². The predicted molar refractivity (Wildman–Crippen MR) is 126 cm³/mol. The zero-order valence-corrected chi connectivity index (χ0v) is 20.0. The summed E-state index contributed by atoms with van der Waals surface area (Å²) < 4.78 is 37.2. The Bertz CT molecular complexity index is 1090. The maximum atomic E-state index is 13.4. The van der Waals surface area contributed by atoms with Gasteiger partial charge in [-0.05, 0) is 50.3 Å². The van der Waals surface area contributed by atoms with Crippen molar-refractivity contribution in [2.75, 3.05) is 44.3 Å². The first kappa shape index (κ1) is 26.1. The number of likely N-dealkylation sites (N-methyl/N-ethyl adjacent to an activating group) is 1. The number of Topliss-reactive ketones (excluding diaryl/α,β-unsaturated/α-hetero) is 1. The van der Waals surface area contributed by atoms with E-state index in [4.69, 9.17) is 9.47 Å². The van der Waals surface area contributed by atoms with E-state index >= 15 is 0 Å². The molecule has 10 heteroatoms. The Morgan fingerprint density at radius 2 is 1.89 bits per heavy atom. The molecule has 8 nitrogen and oxygen atoms in total. The van der Waals surface area contributed by atoms with Crippen molar-refractivity contribution in [3.63, 3.8) is 0 Å². The van der Waals surface area contributed by atoms with E-state index in [1.807, 2.05) is 13.8 Å². The molecule has 0 saturated heterocycles. The third kappa shape index (κ3) is 6.33. The van der Waals surface area contributed by atoms with Gasteiger partial charge in [-0.2, -0.15) is 0 Å². The molecule has 3 rings (SSSR count). The molecule has 0 spiro atoms. The average molecular weight is 490 g/mol. The minimum Gasteiger partial charge on any atom is -0.485 e. The minimum atomic E-state index is -1.08. The van der Waals surface area contributed by atoms with Crippen molar-refractivity contribution in [3.8, 4) is 11.5 Å². The van der Waals surface area contributed by atoms with Crippen molar-refractivity contribution in [3.05, 3.63) is 53.6 Å². The van der Waals surface area contributed by atoms with Gasteiger partial charge >= 0.3 is 0 Å². The lowest BCUT2D eigenvalue weighted by Crippen LogP contribution is -2.52. The lowest BCUT2D eigenvalue weighted by Gasteiger charge is -2.33. The van der Waals surface area contributed by atoms with E-state index in [0.717, 1.165) is 25.2 Å². The molecule has 0 saturated carbocycles. The maximum absolute atomic E-state index is 13.4. The summed E-state index contributed by atoms with van der Waals surface area (Å²) in [5.74, 6) is -2.92. The van der Waals surface area contributed by atoms with Gasteiger partial charge in [-0.15, -0.1) is 0 Å². The minimum absolute atomic E-state index is 0.00496. The lowest BCUT2D eigenvalue weighted by atomic mass is 10.1. The molecule has 0 aromatic heterocycles. The molecule has 1 aliphatic heterocycles. The number of benzene rings is 2. The van der Waals surface area contributed by atoms with Crippen LogP contribution in [0.1, 0.15) is 31.1 Å². The largest absolute Gasteiger partial charge is 0.485 e. The van der Waals surface area contributed by atoms with Crippen molar-refractivity contribution in [1.82, 2.24) is 10.2 Å². The van der Waals surface area contributed by atoms with Gasteiger partial charge < -0.3 is 19.7 Å². The number of nitrogens with one attached hydrogen (secondary N) is 1. The van der Waals surface area contributed by atoms with E-state index in [1.54, 1.807) is 13.0 Å². The first-order chi connectivity index (χ1) is 16.7. The summed E-state index contributed by atoms with van der Waals surface area (Å²) in [5, 5.41) is 2.85. The number of rotatable bonds is 11. The lowest BCUT2D eigenvalue weighted by molar-refractivity contribution is -0.127. The molecule has 1 heterocycles. The molecular weight excluding hydrogens is 460 g/mol. The number of ether oxygens (including phenoxy) is 2. The van der Waals surface area contributed by atoms with Crippen LogP contribution in [-0.2, 0) is 9.59 Å². The Balaban J connectivity index is 1.71. The smallest absolute Gasteiger partial charge is 0.265 e. The number of ketones is 1. The molecule has 0 aliphatic carbocycles. The zero-order chi connectivity index (χ0) is 25.5. The molecule has 0 fully saturated rings. The molecule has 1 atom stereocenters. The summed E-state index contributed by atoms with van der Waals surface area (Å²) in [6.07, 6.45) is 0. The van der Waals surface area contributed by atoms with Gasteiger partial charge in [0.2, 0.25) is 5.91 Å². The molecule has 1 unspecified atom stereocenters. The van der Waals surface area contributed by atoms with Crippen LogP contribution in [0.4, 0.5) is 14.5 Å². The SMILES string of the molecule is CCN(CC)CCNC(=O)C(C)N1C(=O)COc2ccc(C(=O)COc3ccc(F)c(F)c3)cc21. The van der Waals surface area contributed by atoms with Crippen LogP contribution in [0.2, 0.25) is 0 Å². The summed E-state index contributed by atoms with van der Waals surface area (Å²) in [5.41, 5.74) is 0.509. The summed E-state index contributed by atoms with van der Waals surface area (Å²) in [7, 11) is 0. The van der Waals surface area contributed by atoms with Gasteiger partial charge in [-0.3, -0.25) is 19.3 Å². The highest BCUT2D eigenvalue weighted by molar-refractivity contribution is 6.05. The number of nitrogens with zero attached hydrogens (tertiary/aromatic N) is 2. The van der Waals surface area contributed by atoms with E-state index in [0.29, 0.717) is 24.5 Å². The topological polar surface area (TPSA) is 88.2 Å². The fourth-order valence-electron chi connectivity index (χ4n) is 3.71. The number of fused-ring (bicyclic) bond motifs is 1. The second-order valence-corrected chi connectivity index (χ2v) is 8.02. The van der Waals surface area contributed by atoms with Crippen molar-refractivity contribution in [2.24, 2.45) is 0 Å². The Hall–Kier alpha value is -3.53. The maximum Gasteiger partial charge on any atom is 0.265 e. The Kier molecular flexibility index (Phi) is 8.75. The number of halogens is 2. The normalized spacial score (nSPS) is 13.8. The highest BCUT2D eigenvalue weighted by Gasteiger charge is 2.33. The van der Waals surface area contributed by atoms with Gasteiger partial charge in [0.25, 0.3) is 5.91 Å². The van der Waals surface area contributed by atoms with Gasteiger partial charge in [0.1, 0.15) is 17.5 Å². The monoisotopic (exact) mass is 489 g/mol. The van der Waals surface area contributed by atoms with Crippen molar-refractivity contribution >= 4 is 23.3 Å². The van der Waals surface area contributed by atoms with Gasteiger partial charge in [-0.25, -0.2) is 8.78 Å². The van der Waals surface area contributed by atoms with Gasteiger partial charge in [0.05, 0.1) is 5.69 Å². The van der Waals surface area contributed by atoms with Gasteiger partial charge in [0.15, 0.2) is 30.6 Å². The summed E-state index contributed by atoms with van der Waals surface area (Å²) in [4.78, 5) is 41.6. The van der Waals surface area contributed by atoms with E-state index < -0.39 is 36.0 Å². The second kappa shape index (κ2) is 11.7. The highest BCUT2D eigenvalue weighted by Crippen LogP contribution is 2.34. The van der Waals surface area contributed by atoms with Gasteiger partial charge in [-0.1, -0.05) is 13.8 Å². The van der Waals surface area contributed by atoms with E-state index in [-0.39, 0.29) is 23.8 Å². The first-order valence-corrected chi connectivity index (χ1v) is 11.4. The number of anilines is 1. The van der Waals surface area contributed by atoms with E-state index in [2.05, 4.69) is 10.2 Å². The molecule has 1 aliphatic rings. The molecule has 1 N–H and O–H groups in total. The number of hydrogen-bond donors (Lipinski definition) is 1. The standard InChI is InChI=1S/C25H29F2N3O5/c1-4-29(5-2)11-10-28-25(33)16(3)30-21-12-17(6-9-23(21)35-15-24(30)32)22(31)14-34-18-7-8-19(26)20(27)13-18/h6-9,12-13,16H,4-5,10-11,14-15H2,1-3H3,(H,28,33). The first-order valence-electron chi connectivity index (χ1n) is 11.4. The molecule has 2 amide bonds. The van der Waals surface area contributed by atoms with E-state index in [9.17, 15) is 23.2 Å². The Labute approximate surface area is 202 Å². The Morgan fingerprint density at radius 3 is 2.57 bits per heavy atom. The fourth-order valence-corrected chi connectivity index (χ4v) is 3.71. The van der Waals surface area contributed by atoms with E-state index in [1.165, 1.54) is 23.1 Å². The van der Waals surface area contributed by atoms with Crippen LogP contribution in [0.5, 0.6) is 11.5 Å². The molecule has 188 valence electrons. The third-order valence-corrected chi connectivity index (χ3v) is 5.81. The summed E-state index contributed by atoms with van der Waals surface area (Å²) >= 11 is 0. The molecule has 2 aromatic carbocycles. The van der Waals surface area contributed by atoms with Crippen molar-refractivity contribution < 1.29 is 32.6 Å². The summed E-state index contributed by atoms with van der Waals surface area (Å²) in [6, 6.07) is 6.66. The predicted octanol–water partition coefficient (Wildman–Crippen LogP) is 2.80. The number of amides is 2. The van der Waals surface area contributed by atoms with Crippen LogP contribution in [0.3, 0.4) is 0 Å². The average Bonchev–Trinajstić information content (AvgIpc) is 2.86. The van der Waals surface area contributed by atoms with Crippen molar-refractivity contribution in [1.29, 1.82) is 0 Å². The number of carbonyl (C=O) groups is 3. The number of hydrogen-bond acceptors (Lipinski definition) is 6. The molecule has 0 bridgehead atoms. The third-order valence-electron chi connectivity index (χ3n) is 5.81. The summed E-state index contributed by atoms with van der Waals surface area (Å²) in [6.45, 7) is 7.91. The molecular formula is C25H29F2N3O5. The van der Waals surface area contributed by atoms with Crippen LogP contribution in [0, 0.1) is 11.6 Å². The van der Waals surface area contributed by atoms with Crippen LogP contribution >= 0.6 is 0 Å². The molecule has 35 heavy (non-hydrogen) atoms. The van der Waals surface area contributed by atoms with Crippen LogP contribution in [0.15, 0.2) is 36.4 Å². The van der Waals surface area contributed by atoms with Crippen molar-refractivity contribution in [2.45, 2.75) is 26.8 Å². The zero-order valence-electron chi connectivity index (χ0n) is 20.0. The quantitative estimate of drug-likeness (QED) is 0.489. The second-order valence-electron chi connectivity index (χ2n) is 8.02. The fraction of sp³-hybridized carbons (Fsp3) is 0.400. The van der Waals surface area contributed by atoms with Crippen LogP contribution in [-0.4, -0.2) is 67.9 Å². The highest BCUT2D eigenvalue weighted by atomic mass is 19.2. The Morgan fingerprint density at radius 1 is 1.14 bits per heavy atom. The van der Waals surface area contributed by atoms with Crippen LogP contribution < -0.4 is 19.7 Å². The molecule has 2 aromatic rings.